The highest BCUT2D eigenvalue weighted by Crippen LogP contribution is 2.38. The van der Waals surface area contributed by atoms with Crippen LogP contribution in [0.1, 0.15) is 42.0 Å². The number of aryl methyl sites for hydroxylation is 2. The second-order valence-corrected chi connectivity index (χ2v) is 6.89. The molecule has 1 aromatic carbocycles. The van der Waals surface area contributed by atoms with Crippen LogP contribution < -0.4 is 5.73 Å². The first-order valence-corrected chi connectivity index (χ1v) is 8.37. The molecule has 1 saturated carbocycles. The summed E-state index contributed by atoms with van der Waals surface area (Å²) in [7, 11) is 0. The van der Waals surface area contributed by atoms with Gasteiger partial charge in [0.25, 0.3) is 5.89 Å². The summed E-state index contributed by atoms with van der Waals surface area (Å²) >= 11 is 0. The number of nitrogens with two attached hydrogens (primary N) is 1. The molecule has 0 amide bonds. The van der Waals surface area contributed by atoms with Crippen LogP contribution >= 0.6 is 0 Å². The molecule has 124 valence electrons. The van der Waals surface area contributed by atoms with Crippen LogP contribution in [0.5, 0.6) is 0 Å². The minimum Gasteiger partial charge on any atom is -0.334 e. The zero-order valence-corrected chi connectivity index (χ0v) is 14.3. The fourth-order valence-electron chi connectivity index (χ4n) is 3.46. The van der Waals surface area contributed by atoms with Gasteiger partial charge in [-0.25, -0.2) is 0 Å². The van der Waals surface area contributed by atoms with Gasteiger partial charge in [0, 0.05) is 17.1 Å². The Kier molecular flexibility index (Phi) is 3.35. The second-order valence-electron chi connectivity index (χ2n) is 6.89. The molecule has 1 fully saturated rings. The first-order chi connectivity index (χ1) is 11.5. The van der Waals surface area contributed by atoms with Crippen molar-refractivity contribution in [2.75, 3.05) is 0 Å². The fourth-order valence-corrected chi connectivity index (χ4v) is 3.46. The fraction of sp³-hybridized carbons (Fsp3) is 0.368. The number of rotatable bonds is 3. The van der Waals surface area contributed by atoms with Crippen LogP contribution in [-0.2, 0) is 5.54 Å². The van der Waals surface area contributed by atoms with Crippen LogP contribution in [0.25, 0.3) is 17.1 Å². The molecule has 1 aliphatic rings. The van der Waals surface area contributed by atoms with E-state index in [1.807, 2.05) is 0 Å². The number of hydrogen-bond donors (Lipinski definition) is 1. The average Bonchev–Trinajstić information content (AvgIpc) is 3.10. The van der Waals surface area contributed by atoms with E-state index < -0.39 is 5.54 Å². The standard InChI is InChI=1S/C19H22N4O/c1-12-6-4-7-15(10-12)23-13(2)11-16(14(23)3)17-21-18(22-24-17)19(20)8-5-9-19/h4,6-7,10-11H,5,8-9,20H2,1-3H3. The largest absolute Gasteiger partial charge is 0.334 e. The molecule has 2 N–H and O–H groups in total. The normalized spacial score (nSPS) is 16.2. The van der Waals surface area contributed by atoms with Crippen LogP contribution in [0.3, 0.4) is 0 Å². The van der Waals surface area contributed by atoms with Crippen molar-refractivity contribution in [3.05, 3.63) is 53.1 Å². The lowest BCUT2D eigenvalue weighted by atomic mass is 9.77. The van der Waals surface area contributed by atoms with Gasteiger partial charge < -0.3 is 14.8 Å². The van der Waals surface area contributed by atoms with Gasteiger partial charge in [-0.2, -0.15) is 4.98 Å². The van der Waals surface area contributed by atoms with Crippen molar-refractivity contribution >= 4 is 0 Å². The topological polar surface area (TPSA) is 69.9 Å². The van der Waals surface area contributed by atoms with Gasteiger partial charge in [0.1, 0.15) is 0 Å². The van der Waals surface area contributed by atoms with Gasteiger partial charge in [-0.05, 0) is 63.8 Å². The third-order valence-electron chi connectivity index (χ3n) is 5.04. The number of nitrogens with zero attached hydrogens (tertiary/aromatic N) is 3. The molecule has 3 aromatic rings. The minimum absolute atomic E-state index is 0.399. The molecule has 4 rings (SSSR count). The first kappa shape index (κ1) is 15.1. The average molecular weight is 322 g/mol. The van der Waals surface area contributed by atoms with E-state index in [0.29, 0.717) is 11.7 Å². The van der Waals surface area contributed by atoms with Crippen molar-refractivity contribution in [1.82, 2.24) is 14.7 Å². The summed E-state index contributed by atoms with van der Waals surface area (Å²) in [6.45, 7) is 6.27. The van der Waals surface area contributed by atoms with Crippen molar-refractivity contribution < 1.29 is 4.52 Å². The minimum atomic E-state index is -0.399. The number of hydrogen-bond acceptors (Lipinski definition) is 4. The summed E-state index contributed by atoms with van der Waals surface area (Å²) in [6.07, 6.45) is 2.98. The van der Waals surface area contributed by atoms with E-state index in [2.05, 4.69) is 65.8 Å². The molecule has 1 aliphatic carbocycles. The number of benzene rings is 1. The predicted molar refractivity (Wildman–Crippen MR) is 93.0 cm³/mol. The zero-order valence-electron chi connectivity index (χ0n) is 14.3. The van der Waals surface area contributed by atoms with E-state index in [0.717, 1.165) is 41.9 Å². The Labute approximate surface area is 141 Å². The molecule has 2 aromatic heterocycles. The Bertz CT molecular complexity index is 902. The van der Waals surface area contributed by atoms with Gasteiger partial charge in [0.2, 0.25) is 0 Å². The number of aromatic nitrogens is 3. The van der Waals surface area contributed by atoms with Gasteiger partial charge in [0.05, 0.1) is 11.1 Å². The lowest BCUT2D eigenvalue weighted by molar-refractivity contribution is 0.229. The Hall–Kier alpha value is -2.40. The van der Waals surface area contributed by atoms with Crippen LogP contribution in [0, 0.1) is 20.8 Å². The molecule has 24 heavy (non-hydrogen) atoms. The third-order valence-corrected chi connectivity index (χ3v) is 5.04. The molecular weight excluding hydrogens is 300 g/mol. The molecule has 0 unspecified atom stereocenters. The molecule has 0 atom stereocenters. The highest BCUT2D eigenvalue weighted by atomic mass is 16.5. The Balaban J connectivity index is 1.76. The SMILES string of the molecule is Cc1cccc(-n2c(C)cc(-c3nc(C4(N)CCC4)no3)c2C)c1. The highest BCUT2D eigenvalue weighted by Gasteiger charge is 2.39. The third kappa shape index (κ3) is 2.27. The zero-order chi connectivity index (χ0) is 16.9. The lowest BCUT2D eigenvalue weighted by Gasteiger charge is -2.34. The first-order valence-electron chi connectivity index (χ1n) is 8.37. The quantitative estimate of drug-likeness (QED) is 0.796. The van der Waals surface area contributed by atoms with Crippen molar-refractivity contribution in [3.63, 3.8) is 0 Å². The molecule has 0 saturated heterocycles. The van der Waals surface area contributed by atoms with Crippen LogP contribution in [0.15, 0.2) is 34.9 Å². The monoisotopic (exact) mass is 322 g/mol. The molecule has 2 heterocycles. The van der Waals surface area contributed by atoms with Crippen molar-refractivity contribution in [2.24, 2.45) is 5.73 Å². The Morgan fingerprint density at radius 3 is 2.62 bits per heavy atom. The van der Waals surface area contributed by atoms with E-state index in [1.165, 1.54) is 5.56 Å². The Morgan fingerprint density at radius 2 is 1.96 bits per heavy atom. The maximum atomic E-state index is 6.31. The van der Waals surface area contributed by atoms with Gasteiger partial charge in [-0.15, -0.1) is 0 Å². The van der Waals surface area contributed by atoms with E-state index in [4.69, 9.17) is 10.3 Å². The maximum Gasteiger partial charge on any atom is 0.259 e. The summed E-state index contributed by atoms with van der Waals surface area (Å²) in [5.41, 5.74) is 11.5. The molecule has 0 spiro atoms. The second kappa shape index (κ2) is 5.31. The Morgan fingerprint density at radius 1 is 1.17 bits per heavy atom. The molecule has 0 radical (unpaired) electrons. The molecule has 0 bridgehead atoms. The van der Waals surface area contributed by atoms with E-state index in [9.17, 15) is 0 Å². The van der Waals surface area contributed by atoms with Gasteiger partial charge in [-0.1, -0.05) is 17.3 Å². The van der Waals surface area contributed by atoms with E-state index in [-0.39, 0.29) is 0 Å². The van der Waals surface area contributed by atoms with E-state index in [1.54, 1.807) is 0 Å². The van der Waals surface area contributed by atoms with Crippen LogP contribution in [-0.4, -0.2) is 14.7 Å². The van der Waals surface area contributed by atoms with Crippen LogP contribution in [0.2, 0.25) is 0 Å². The summed E-state index contributed by atoms with van der Waals surface area (Å²) < 4.78 is 7.74. The maximum absolute atomic E-state index is 6.31. The van der Waals surface area contributed by atoms with Crippen molar-refractivity contribution in [1.29, 1.82) is 0 Å². The predicted octanol–water partition coefficient (Wildman–Crippen LogP) is 3.79. The van der Waals surface area contributed by atoms with Gasteiger partial charge in [-0.3, -0.25) is 0 Å². The lowest BCUT2D eigenvalue weighted by Crippen LogP contribution is -2.44. The van der Waals surface area contributed by atoms with Gasteiger partial charge in [0.15, 0.2) is 5.82 Å². The molecule has 5 nitrogen and oxygen atoms in total. The smallest absolute Gasteiger partial charge is 0.259 e. The van der Waals surface area contributed by atoms with Crippen LogP contribution in [0.4, 0.5) is 0 Å². The highest BCUT2D eigenvalue weighted by molar-refractivity contribution is 5.61. The van der Waals surface area contributed by atoms with E-state index >= 15 is 0 Å². The summed E-state index contributed by atoms with van der Waals surface area (Å²) in [5.74, 6) is 1.18. The molecular formula is C19H22N4O. The van der Waals surface area contributed by atoms with Gasteiger partial charge >= 0.3 is 0 Å². The summed E-state index contributed by atoms with van der Waals surface area (Å²) in [5, 5.41) is 4.13. The molecule has 0 aliphatic heterocycles. The molecule has 5 heteroatoms. The summed E-state index contributed by atoms with van der Waals surface area (Å²) in [4.78, 5) is 4.58. The van der Waals surface area contributed by atoms with Crippen molar-refractivity contribution in [3.8, 4) is 17.1 Å². The summed E-state index contributed by atoms with van der Waals surface area (Å²) in [6, 6.07) is 10.6. The van der Waals surface area contributed by atoms with Crippen molar-refractivity contribution in [2.45, 2.75) is 45.6 Å².